The first-order valence-corrected chi connectivity index (χ1v) is 8.97. The van der Waals surface area contributed by atoms with E-state index in [9.17, 15) is 9.59 Å². The van der Waals surface area contributed by atoms with Gasteiger partial charge >= 0.3 is 5.97 Å². The molecule has 1 amide bonds. The highest BCUT2D eigenvalue weighted by molar-refractivity contribution is 6.34. The zero-order chi connectivity index (χ0) is 19.1. The van der Waals surface area contributed by atoms with Crippen LogP contribution >= 0.6 is 0 Å². The molecule has 0 saturated heterocycles. The number of benzene rings is 3. The number of carbonyl (C=O) groups is 2. The maximum absolute atomic E-state index is 13.5. The van der Waals surface area contributed by atoms with E-state index in [0.29, 0.717) is 33.9 Å². The van der Waals surface area contributed by atoms with Crippen molar-refractivity contribution in [2.75, 3.05) is 4.90 Å². The van der Waals surface area contributed by atoms with Gasteiger partial charge in [-0.05, 0) is 17.7 Å². The smallest absolute Gasteiger partial charge is 0.346 e. The molecule has 0 aromatic heterocycles. The van der Waals surface area contributed by atoms with Crippen molar-refractivity contribution in [3.05, 3.63) is 113 Å². The van der Waals surface area contributed by atoms with Gasteiger partial charge in [-0.25, -0.2) is 4.79 Å². The predicted octanol–water partition coefficient (Wildman–Crippen LogP) is 4.41. The van der Waals surface area contributed by atoms with Crippen LogP contribution in [0.2, 0.25) is 0 Å². The maximum Gasteiger partial charge on any atom is 0.346 e. The summed E-state index contributed by atoms with van der Waals surface area (Å²) in [4.78, 5) is 27.9. The molecular formula is C24H15NO3. The van der Waals surface area contributed by atoms with Gasteiger partial charge in [0.25, 0.3) is 5.91 Å². The van der Waals surface area contributed by atoms with Crippen molar-refractivity contribution in [1.82, 2.24) is 0 Å². The Kier molecular flexibility index (Phi) is 3.69. The molecule has 0 N–H and O–H groups in total. The van der Waals surface area contributed by atoms with Crippen molar-refractivity contribution in [2.45, 2.75) is 0 Å². The third-order valence-electron chi connectivity index (χ3n) is 4.85. The van der Waals surface area contributed by atoms with Crippen LogP contribution in [0.25, 0.3) is 11.5 Å². The van der Waals surface area contributed by atoms with Crippen LogP contribution in [-0.2, 0) is 14.3 Å². The van der Waals surface area contributed by atoms with E-state index in [-0.39, 0.29) is 5.91 Å². The molecule has 0 unspecified atom stereocenters. The Labute approximate surface area is 162 Å². The third kappa shape index (κ3) is 2.39. The fourth-order valence-electron chi connectivity index (χ4n) is 3.64. The van der Waals surface area contributed by atoms with Crippen molar-refractivity contribution in [3.63, 3.8) is 0 Å². The Morgan fingerprint density at radius 2 is 1.14 bits per heavy atom. The molecule has 2 aliphatic rings. The fourth-order valence-corrected chi connectivity index (χ4v) is 3.64. The molecule has 0 bridgehead atoms. The van der Waals surface area contributed by atoms with Crippen LogP contribution < -0.4 is 4.90 Å². The Bertz CT molecular complexity index is 1150. The zero-order valence-corrected chi connectivity index (χ0v) is 14.8. The van der Waals surface area contributed by atoms with E-state index in [1.54, 1.807) is 4.90 Å². The molecule has 2 heterocycles. The molecule has 0 spiro atoms. The SMILES string of the molecule is O=C1OC(c2ccccc2)=C2C(=O)N(c3ccccc3)C(c3ccccc3)=C12. The fraction of sp³-hybridized carbons (Fsp3) is 0. The largest absolute Gasteiger partial charge is 0.421 e. The van der Waals surface area contributed by atoms with E-state index < -0.39 is 5.97 Å². The van der Waals surface area contributed by atoms with Gasteiger partial charge in [0, 0.05) is 11.3 Å². The van der Waals surface area contributed by atoms with Crippen molar-refractivity contribution in [3.8, 4) is 0 Å². The van der Waals surface area contributed by atoms with Crippen molar-refractivity contribution in [2.24, 2.45) is 0 Å². The summed E-state index contributed by atoms with van der Waals surface area (Å²) < 4.78 is 5.56. The first-order valence-electron chi connectivity index (χ1n) is 8.97. The van der Waals surface area contributed by atoms with Crippen LogP contribution in [0.3, 0.4) is 0 Å². The number of ether oxygens (including phenoxy) is 1. The third-order valence-corrected chi connectivity index (χ3v) is 4.85. The quantitative estimate of drug-likeness (QED) is 0.646. The van der Waals surface area contributed by atoms with Crippen molar-refractivity contribution < 1.29 is 14.3 Å². The molecule has 28 heavy (non-hydrogen) atoms. The molecule has 134 valence electrons. The molecule has 3 aromatic carbocycles. The lowest BCUT2D eigenvalue weighted by Crippen LogP contribution is -2.25. The summed E-state index contributed by atoms with van der Waals surface area (Å²) in [5, 5.41) is 0. The maximum atomic E-state index is 13.5. The molecule has 0 fully saturated rings. The molecule has 0 saturated carbocycles. The van der Waals surface area contributed by atoms with Gasteiger partial charge in [0.1, 0.15) is 11.1 Å². The van der Waals surface area contributed by atoms with Crippen molar-refractivity contribution >= 4 is 29.0 Å². The second-order valence-corrected chi connectivity index (χ2v) is 6.53. The van der Waals surface area contributed by atoms with E-state index in [4.69, 9.17) is 4.74 Å². The van der Waals surface area contributed by atoms with Gasteiger partial charge in [0.05, 0.1) is 5.70 Å². The van der Waals surface area contributed by atoms with Gasteiger partial charge in [-0.2, -0.15) is 0 Å². The van der Waals surface area contributed by atoms with Gasteiger partial charge in [-0.3, -0.25) is 9.69 Å². The summed E-state index contributed by atoms with van der Waals surface area (Å²) in [6.45, 7) is 0. The number of para-hydroxylation sites is 1. The number of rotatable bonds is 3. The van der Waals surface area contributed by atoms with Gasteiger partial charge in [-0.1, -0.05) is 78.9 Å². The minimum Gasteiger partial charge on any atom is -0.421 e. The van der Waals surface area contributed by atoms with Gasteiger partial charge in [0.2, 0.25) is 0 Å². The summed E-state index contributed by atoms with van der Waals surface area (Å²) in [6, 6.07) is 28.0. The molecule has 2 aliphatic heterocycles. The Balaban J connectivity index is 1.80. The highest BCUT2D eigenvalue weighted by Crippen LogP contribution is 2.46. The summed E-state index contributed by atoms with van der Waals surface area (Å²) in [5.41, 5.74) is 3.40. The van der Waals surface area contributed by atoms with Crippen LogP contribution in [0.4, 0.5) is 5.69 Å². The molecule has 4 nitrogen and oxygen atoms in total. The van der Waals surface area contributed by atoms with Gasteiger partial charge in [0.15, 0.2) is 5.76 Å². The number of esters is 1. The monoisotopic (exact) mass is 365 g/mol. The normalized spacial score (nSPS) is 15.9. The zero-order valence-electron chi connectivity index (χ0n) is 14.8. The standard InChI is InChI=1S/C24H15NO3/c26-23-20-19(24(27)28-22(20)17-12-6-2-7-13-17)21(16-10-4-1-5-11-16)25(23)18-14-8-3-9-15-18/h1-15H. The molecule has 0 radical (unpaired) electrons. The van der Waals surface area contributed by atoms with E-state index in [2.05, 4.69) is 0 Å². The average molecular weight is 365 g/mol. The molecule has 5 rings (SSSR count). The summed E-state index contributed by atoms with van der Waals surface area (Å²) in [5.74, 6) is -0.443. The molecule has 0 aliphatic carbocycles. The number of nitrogens with zero attached hydrogens (tertiary/aromatic N) is 1. The lowest BCUT2D eigenvalue weighted by molar-refractivity contribution is -0.131. The first kappa shape index (κ1) is 16.3. The summed E-state index contributed by atoms with van der Waals surface area (Å²) in [6.07, 6.45) is 0. The van der Waals surface area contributed by atoms with Gasteiger partial charge < -0.3 is 4.74 Å². The van der Waals surface area contributed by atoms with E-state index >= 15 is 0 Å². The number of anilines is 1. The van der Waals surface area contributed by atoms with Crippen molar-refractivity contribution in [1.29, 1.82) is 0 Å². The van der Waals surface area contributed by atoms with Gasteiger partial charge in [-0.15, -0.1) is 0 Å². The van der Waals surface area contributed by atoms with Crippen LogP contribution in [0.5, 0.6) is 0 Å². The number of hydrogen-bond acceptors (Lipinski definition) is 3. The van der Waals surface area contributed by atoms with E-state index in [0.717, 1.165) is 5.56 Å². The molecule has 0 atom stereocenters. The van der Waals surface area contributed by atoms with E-state index in [1.807, 2.05) is 91.0 Å². The summed E-state index contributed by atoms with van der Waals surface area (Å²) >= 11 is 0. The number of fused-ring (bicyclic) bond motifs is 1. The van der Waals surface area contributed by atoms with Crippen LogP contribution in [0.15, 0.2) is 102 Å². The number of amides is 1. The molecule has 3 aromatic rings. The molecular weight excluding hydrogens is 350 g/mol. The predicted molar refractivity (Wildman–Crippen MR) is 107 cm³/mol. The lowest BCUT2D eigenvalue weighted by atomic mass is 10.0. The van der Waals surface area contributed by atoms with Crippen LogP contribution in [-0.4, -0.2) is 11.9 Å². The number of hydrogen-bond donors (Lipinski definition) is 0. The second-order valence-electron chi connectivity index (χ2n) is 6.53. The van der Waals surface area contributed by atoms with Crippen LogP contribution in [0.1, 0.15) is 11.1 Å². The minimum absolute atomic E-state index is 0.259. The number of carbonyl (C=O) groups excluding carboxylic acids is 2. The van der Waals surface area contributed by atoms with Crippen LogP contribution in [0, 0.1) is 0 Å². The minimum atomic E-state index is -0.500. The Morgan fingerprint density at radius 1 is 0.607 bits per heavy atom. The Hall–Kier alpha value is -3.92. The average Bonchev–Trinajstić information content (AvgIpc) is 3.25. The van der Waals surface area contributed by atoms with E-state index in [1.165, 1.54) is 0 Å². The summed E-state index contributed by atoms with van der Waals surface area (Å²) in [7, 11) is 0. The number of cyclic esters (lactones) is 1. The first-order chi connectivity index (χ1) is 13.8. The Morgan fingerprint density at radius 3 is 1.75 bits per heavy atom. The highest BCUT2D eigenvalue weighted by atomic mass is 16.5. The second kappa shape index (κ2) is 6.35. The molecule has 4 heteroatoms. The topological polar surface area (TPSA) is 46.6 Å². The highest BCUT2D eigenvalue weighted by Gasteiger charge is 2.47. The lowest BCUT2D eigenvalue weighted by Gasteiger charge is -2.21.